The van der Waals surface area contributed by atoms with Gasteiger partial charge in [-0.2, -0.15) is 0 Å². The molecule has 0 aromatic carbocycles. The molecule has 8 nitrogen and oxygen atoms in total. The minimum Gasteiger partial charge on any atom is -0.354 e. The Morgan fingerprint density at radius 1 is 1.25 bits per heavy atom. The number of sulfonamides is 1. The standard InChI is InChI=1S/C15H27N5O3S/c1-20-11-15(18-12-20)24(22,23)19-10-14(21)17-9-8-16-13-6-4-2-3-5-7-13/h11-13,16,19H,2-10H2,1H3,(H,17,21). The van der Waals surface area contributed by atoms with Gasteiger partial charge in [-0.1, -0.05) is 25.7 Å². The van der Waals surface area contributed by atoms with Crippen LogP contribution in [0.5, 0.6) is 0 Å². The lowest BCUT2D eigenvalue weighted by molar-refractivity contribution is -0.119. The average molecular weight is 357 g/mol. The fraction of sp³-hybridized carbons (Fsp3) is 0.733. The van der Waals surface area contributed by atoms with Gasteiger partial charge in [-0.15, -0.1) is 0 Å². The van der Waals surface area contributed by atoms with Crippen molar-refractivity contribution in [1.29, 1.82) is 0 Å². The summed E-state index contributed by atoms with van der Waals surface area (Å²) in [6, 6.07) is 0.534. The van der Waals surface area contributed by atoms with E-state index in [1.165, 1.54) is 55.6 Å². The van der Waals surface area contributed by atoms with Gasteiger partial charge < -0.3 is 15.2 Å². The predicted octanol–water partition coefficient (Wildman–Crippen LogP) is 0.127. The van der Waals surface area contributed by atoms with E-state index in [0.29, 0.717) is 19.1 Å². The van der Waals surface area contributed by atoms with Crippen LogP contribution in [0.15, 0.2) is 17.6 Å². The number of amides is 1. The second-order valence-electron chi connectivity index (χ2n) is 6.19. The van der Waals surface area contributed by atoms with E-state index >= 15 is 0 Å². The third-order valence-corrected chi connectivity index (χ3v) is 5.40. The van der Waals surface area contributed by atoms with Crippen LogP contribution in [-0.2, 0) is 21.9 Å². The normalized spacial score (nSPS) is 16.7. The average Bonchev–Trinajstić information content (AvgIpc) is 2.83. The Morgan fingerprint density at radius 3 is 2.58 bits per heavy atom. The monoisotopic (exact) mass is 357 g/mol. The van der Waals surface area contributed by atoms with Crippen molar-refractivity contribution in [1.82, 2.24) is 24.9 Å². The molecule has 0 unspecified atom stereocenters. The van der Waals surface area contributed by atoms with Gasteiger partial charge in [0, 0.05) is 32.4 Å². The first-order valence-electron chi connectivity index (χ1n) is 8.45. The van der Waals surface area contributed by atoms with E-state index in [9.17, 15) is 13.2 Å². The molecule has 1 aromatic heterocycles. The third-order valence-electron chi connectivity index (χ3n) is 4.11. The molecule has 1 aliphatic rings. The topological polar surface area (TPSA) is 105 Å². The molecule has 0 atom stereocenters. The highest BCUT2D eigenvalue weighted by atomic mass is 32.2. The van der Waals surface area contributed by atoms with Gasteiger partial charge >= 0.3 is 0 Å². The van der Waals surface area contributed by atoms with Gasteiger partial charge in [-0.3, -0.25) is 4.79 Å². The zero-order chi connectivity index (χ0) is 17.4. The van der Waals surface area contributed by atoms with Crippen LogP contribution in [0.25, 0.3) is 0 Å². The number of nitrogens with one attached hydrogen (secondary N) is 3. The molecule has 0 radical (unpaired) electrons. The molecule has 1 amide bonds. The Kier molecular flexibility index (Phi) is 7.19. The first kappa shape index (κ1) is 18.9. The van der Waals surface area contributed by atoms with Gasteiger partial charge in [-0.25, -0.2) is 18.1 Å². The van der Waals surface area contributed by atoms with Gasteiger partial charge in [0.2, 0.25) is 5.91 Å². The largest absolute Gasteiger partial charge is 0.354 e. The molecule has 0 spiro atoms. The molecule has 0 aliphatic heterocycles. The number of carbonyl (C=O) groups excluding carboxylic acids is 1. The lowest BCUT2D eigenvalue weighted by Crippen LogP contribution is -2.41. The van der Waals surface area contributed by atoms with Crippen LogP contribution >= 0.6 is 0 Å². The molecule has 9 heteroatoms. The van der Waals surface area contributed by atoms with Gasteiger partial charge in [0.05, 0.1) is 12.9 Å². The molecule has 1 aromatic rings. The summed E-state index contributed by atoms with van der Waals surface area (Å²) < 4.78 is 27.7. The smallest absolute Gasteiger partial charge is 0.260 e. The van der Waals surface area contributed by atoms with Crippen LogP contribution in [0.3, 0.4) is 0 Å². The van der Waals surface area contributed by atoms with Crippen molar-refractivity contribution in [3.63, 3.8) is 0 Å². The van der Waals surface area contributed by atoms with Gasteiger partial charge in [0.1, 0.15) is 0 Å². The molecule has 1 saturated carbocycles. The molecule has 1 aliphatic carbocycles. The highest BCUT2D eigenvalue weighted by molar-refractivity contribution is 7.89. The molecular formula is C15H27N5O3S. The Hall–Kier alpha value is -1.45. The number of aromatic nitrogens is 2. The van der Waals surface area contributed by atoms with E-state index in [1.54, 1.807) is 7.05 Å². The van der Waals surface area contributed by atoms with Crippen LogP contribution in [0, 0.1) is 0 Å². The van der Waals surface area contributed by atoms with Crippen molar-refractivity contribution in [2.24, 2.45) is 7.05 Å². The van der Waals surface area contributed by atoms with Crippen LogP contribution < -0.4 is 15.4 Å². The molecule has 24 heavy (non-hydrogen) atoms. The van der Waals surface area contributed by atoms with E-state index in [4.69, 9.17) is 0 Å². The quantitative estimate of drug-likeness (QED) is 0.453. The summed E-state index contributed by atoms with van der Waals surface area (Å²) in [6.45, 7) is 0.895. The molecule has 1 heterocycles. The lowest BCUT2D eigenvalue weighted by atomic mass is 10.1. The summed E-state index contributed by atoms with van der Waals surface area (Å²) in [5.74, 6) is -0.350. The maximum absolute atomic E-state index is 11.9. The lowest BCUT2D eigenvalue weighted by Gasteiger charge is -2.16. The number of nitrogens with zero attached hydrogens (tertiary/aromatic N) is 2. The Bertz CT molecular complexity index is 621. The number of hydrogen-bond donors (Lipinski definition) is 3. The Balaban J connectivity index is 1.62. The minimum atomic E-state index is -3.74. The van der Waals surface area contributed by atoms with Crippen molar-refractivity contribution in [3.8, 4) is 0 Å². The second-order valence-corrected chi connectivity index (χ2v) is 7.91. The summed E-state index contributed by atoms with van der Waals surface area (Å²) in [5, 5.41) is 6.07. The fourth-order valence-electron chi connectivity index (χ4n) is 2.79. The number of aryl methyl sites for hydroxylation is 1. The summed E-state index contributed by atoms with van der Waals surface area (Å²) in [7, 11) is -2.06. The van der Waals surface area contributed by atoms with Crippen LogP contribution in [0.1, 0.15) is 38.5 Å². The highest BCUT2D eigenvalue weighted by Gasteiger charge is 2.18. The van der Waals surface area contributed by atoms with E-state index in [2.05, 4.69) is 20.3 Å². The van der Waals surface area contributed by atoms with Crippen molar-refractivity contribution in [2.75, 3.05) is 19.6 Å². The summed E-state index contributed by atoms with van der Waals surface area (Å²) in [6.07, 6.45) is 10.3. The van der Waals surface area contributed by atoms with E-state index in [0.717, 1.165) is 0 Å². The van der Waals surface area contributed by atoms with E-state index < -0.39 is 10.0 Å². The minimum absolute atomic E-state index is 0.0900. The first-order valence-corrected chi connectivity index (χ1v) is 9.93. The summed E-state index contributed by atoms with van der Waals surface area (Å²) in [4.78, 5) is 15.5. The fourth-order valence-corrected chi connectivity index (χ4v) is 3.75. The molecule has 0 saturated heterocycles. The Morgan fingerprint density at radius 2 is 1.96 bits per heavy atom. The maximum atomic E-state index is 11.9. The SMILES string of the molecule is Cn1cnc(S(=O)(=O)NCC(=O)NCCNC2CCCCCC2)c1. The molecule has 136 valence electrons. The first-order chi connectivity index (χ1) is 11.5. The van der Waals surface area contributed by atoms with E-state index in [1.807, 2.05) is 0 Å². The number of imidazole rings is 1. The molecule has 0 bridgehead atoms. The number of hydrogen-bond acceptors (Lipinski definition) is 5. The third kappa shape index (κ3) is 6.21. The summed E-state index contributed by atoms with van der Waals surface area (Å²) in [5.41, 5.74) is 0. The molecule has 1 fully saturated rings. The van der Waals surface area contributed by atoms with Gasteiger partial charge in [0.15, 0.2) is 5.03 Å². The number of carbonyl (C=O) groups is 1. The second kappa shape index (κ2) is 9.14. The zero-order valence-electron chi connectivity index (χ0n) is 14.1. The Labute approximate surface area is 143 Å². The highest BCUT2D eigenvalue weighted by Crippen LogP contribution is 2.16. The van der Waals surface area contributed by atoms with Crippen molar-refractivity contribution < 1.29 is 13.2 Å². The zero-order valence-corrected chi connectivity index (χ0v) is 14.9. The predicted molar refractivity (Wildman–Crippen MR) is 90.9 cm³/mol. The van der Waals surface area contributed by atoms with Crippen LogP contribution in [0.4, 0.5) is 0 Å². The van der Waals surface area contributed by atoms with E-state index in [-0.39, 0.29) is 17.5 Å². The van der Waals surface area contributed by atoms with Crippen LogP contribution in [-0.4, -0.2) is 49.6 Å². The number of rotatable bonds is 8. The van der Waals surface area contributed by atoms with Crippen molar-refractivity contribution in [3.05, 3.63) is 12.5 Å². The van der Waals surface area contributed by atoms with Gasteiger partial charge in [-0.05, 0) is 12.8 Å². The van der Waals surface area contributed by atoms with Crippen molar-refractivity contribution >= 4 is 15.9 Å². The molecule has 2 rings (SSSR count). The molecule has 3 N–H and O–H groups in total. The molecular weight excluding hydrogens is 330 g/mol. The van der Waals surface area contributed by atoms with Gasteiger partial charge in [0.25, 0.3) is 10.0 Å². The van der Waals surface area contributed by atoms with Crippen LogP contribution in [0.2, 0.25) is 0 Å². The maximum Gasteiger partial charge on any atom is 0.260 e. The summed E-state index contributed by atoms with van der Waals surface area (Å²) >= 11 is 0. The van der Waals surface area contributed by atoms with Crippen molar-refractivity contribution in [2.45, 2.75) is 49.6 Å².